The minimum Gasteiger partial charge on any atom is -0.508 e. The lowest BCUT2D eigenvalue weighted by Crippen LogP contribution is -2.42. The van der Waals surface area contributed by atoms with E-state index in [4.69, 9.17) is 11.6 Å². The maximum atomic E-state index is 10.1. The van der Waals surface area contributed by atoms with Crippen LogP contribution in [-0.4, -0.2) is 23.0 Å². The molecule has 26 heavy (non-hydrogen) atoms. The van der Waals surface area contributed by atoms with Crippen molar-refractivity contribution in [3.05, 3.63) is 93.8 Å². The Kier molecular flexibility index (Phi) is 3.93. The monoisotopic (exact) mass is 363 g/mol. The summed E-state index contributed by atoms with van der Waals surface area (Å²) in [6.07, 6.45) is 0. The van der Waals surface area contributed by atoms with Gasteiger partial charge in [0.15, 0.2) is 0 Å². The van der Waals surface area contributed by atoms with Crippen molar-refractivity contribution in [3.8, 4) is 5.75 Å². The van der Waals surface area contributed by atoms with E-state index in [2.05, 4.69) is 21.4 Å². The lowest BCUT2D eigenvalue weighted by molar-refractivity contribution is 0.471. The quantitative estimate of drug-likeness (QED) is 0.676. The zero-order valence-electron chi connectivity index (χ0n) is 14.5. The van der Waals surface area contributed by atoms with Crippen LogP contribution >= 0.6 is 11.6 Å². The average molecular weight is 364 g/mol. The lowest BCUT2D eigenvalue weighted by Gasteiger charge is -2.33. The van der Waals surface area contributed by atoms with Gasteiger partial charge in [0.2, 0.25) is 0 Å². The van der Waals surface area contributed by atoms with Crippen molar-refractivity contribution >= 4 is 17.4 Å². The summed E-state index contributed by atoms with van der Waals surface area (Å²) >= 11 is 6.29. The summed E-state index contributed by atoms with van der Waals surface area (Å²) in [5.74, 6) is 1.01. The summed E-state index contributed by atoms with van der Waals surface area (Å²) < 4.78 is 0. The first-order valence-corrected chi connectivity index (χ1v) is 8.71. The molecule has 0 saturated heterocycles. The molecule has 130 valence electrons. The fourth-order valence-electron chi connectivity index (χ4n) is 3.71. The second-order valence-electron chi connectivity index (χ2n) is 6.36. The van der Waals surface area contributed by atoms with Crippen molar-refractivity contribution in [1.82, 2.24) is 10.3 Å². The third kappa shape index (κ3) is 2.45. The number of pyridine rings is 1. The maximum absolute atomic E-state index is 10.1. The molecular weight excluding hydrogens is 346 g/mol. The number of aromatic nitrogens is 1. The molecule has 1 aliphatic heterocycles. The van der Waals surface area contributed by atoms with E-state index in [1.807, 2.05) is 49.4 Å². The van der Waals surface area contributed by atoms with E-state index in [0.717, 1.165) is 33.8 Å². The first-order chi connectivity index (χ1) is 12.5. The van der Waals surface area contributed by atoms with Crippen LogP contribution in [0, 0.1) is 6.92 Å². The molecule has 0 radical (unpaired) electrons. The minimum atomic E-state index is -0.707. The number of amidine groups is 1. The molecule has 1 atom stereocenters. The number of phenolic OH excluding ortho intramolecular Hbond substituents is 1. The van der Waals surface area contributed by atoms with Gasteiger partial charge in [-0.2, -0.15) is 0 Å². The summed E-state index contributed by atoms with van der Waals surface area (Å²) in [7, 11) is 1.77. The summed E-state index contributed by atoms with van der Waals surface area (Å²) in [6.45, 7) is 1.92. The molecule has 0 amide bonds. The van der Waals surface area contributed by atoms with E-state index in [1.54, 1.807) is 19.2 Å². The van der Waals surface area contributed by atoms with Gasteiger partial charge in [-0.05, 0) is 47.9 Å². The van der Waals surface area contributed by atoms with Gasteiger partial charge in [-0.3, -0.25) is 4.99 Å². The van der Waals surface area contributed by atoms with Crippen LogP contribution in [-0.2, 0) is 5.54 Å². The number of nitrogens with one attached hydrogen (secondary N) is 1. The Balaban J connectivity index is 2.10. The molecule has 4 nitrogen and oxygen atoms in total. The molecular formula is C21H18ClN3O. The maximum Gasteiger partial charge on any atom is 0.129 e. The van der Waals surface area contributed by atoms with Crippen LogP contribution in [0.4, 0.5) is 0 Å². The Morgan fingerprint density at radius 1 is 1.04 bits per heavy atom. The van der Waals surface area contributed by atoms with Crippen molar-refractivity contribution in [2.75, 3.05) is 7.05 Å². The van der Waals surface area contributed by atoms with Crippen molar-refractivity contribution in [1.29, 1.82) is 0 Å². The van der Waals surface area contributed by atoms with E-state index in [9.17, 15) is 5.11 Å². The zero-order valence-corrected chi connectivity index (χ0v) is 15.2. The van der Waals surface area contributed by atoms with Gasteiger partial charge in [-0.1, -0.05) is 48.0 Å². The summed E-state index contributed by atoms with van der Waals surface area (Å²) in [4.78, 5) is 8.74. The molecule has 0 bridgehead atoms. The molecule has 1 aliphatic rings. The summed E-state index contributed by atoms with van der Waals surface area (Å²) in [5.41, 5.74) is 4.07. The van der Waals surface area contributed by atoms with Crippen LogP contribution in [0.5, 0.6) is 5.75 Å². The highest BCUT2D eigenvalue weighted by Crippen LogP contribution is 2.44. The van der Waals surface area contributed by atoms with Crippen molar-refractivity contribution in [2.24, 2.45) is 4.99 Å². The van der Waals surface area contributed by atoms with Crippen LogP contribution < -0.4 is 5.32 Å². The van der Waals surface area contributed by atoms with Crippen LogP contribution in [0.25, 0.3) is 0 Å². The summed E-state index contributed by atoms with van der Waals surface area (Å²) in [5, 5.41) is 14.1. The van der Waals surface area contributed by atoms with E-state index >= 15 is 0 Å². The summed E-state index contributed by atoms with van der Waals surface area (Å²) in [6, 6.07) is 19.3. The SMILES string of the molecule is CN=C1NC(c2cccc(O)c2)(c2cc(C)nc(Cl)c2)c2ccccc21. The normalized spacial score (nSPS) is 20.0. The Bertz CT molecular complexity index is 1010. The van der Waals surface area contributed by atoms with Gasteiger partial charge in [0.05, 0.1) is 0 Å². The van der Waals surface area contributed by atoms with E-state index in [1.165, 1.54) is 0 Å². The fraction of sp³-hybridized carbons (Fsp3) is 0.143. The van der Waals surface area contributed by atoms with E-state index in [0.29, 0.717) is 5.15 Å². The van der Waals surface area contributed by atoms with Gasteiger partial charge >= 0.3 is 0 Å². The molecule has 2 N–H and O–H groups in total. The molecule has 2 aromatic carbocycles. The Labute approximate surface area is 157 Å². The van der Waals surface area contributed by atoms with Gasteiger partial charge in [-0.25, -0.2) is 4.98 Å². The molecule has 5 heteroatoms. The molecule has 0 saturated carbocycles. The number of aromatic hydroxyl groups is 1. The third-order valence-electron chi connectivity index (χ3n) is 4.75. The zero-order chi connectivity index (χ0) is 18.3. The first kappa shape index (κ1) is 16.6. The third-order valence-corrected chi connectivity index (χ3v) is 4.94. The first-order valence-electron chi connectivity index (χ1n) is 8.33. The number of rotatable bonds is 2. The van der Waals surface area contributed by atoms with Crippen LogP contribution in [0.15, 0.2) is 65.7 Å². The Morgan fingerprint density at radius 2 is 1.85 bits per heavy atom. The molecule has 4 rings (SSSR count). The van der Waals surface area contributed by atoms with Gasteiger partial charge in [0.1, 0.15) is 22.3 Å². The molecule has 3 aromatic rings. The minimum absolute atomic E-state index is 0.208. The smallest absolute Gasteiger partial charge is 0.129 e. The fourth-order valence-corrected chi connectivity index (χ4v) is 3.96. The highest BCUT2D eigenvalue weighted by atomic mass is 35.5. The second-order valence-corrected chi connectivity index (χ2v) is 6.75. The van der Waals surface area contributed by atoms with Crippen molar-refractivity contribution < 1.29 is 5.11 Å². The number of fused-ring (bicyclic) bond motifs is 1. The highest BCUT2D eigenvalue weighted by molar-refractivity contribution is 6.29. The van der Waals surface area contributed by atoms with Gasteiger partial charge in [0, 0.05) is 18.3 Å². The second kappa shape index (κ2) is 6.15. The standard InChI is InChI=1S/C21H18ClN3O/c1-13-10-15(12-19(22)24-13)21(14-6-5-7-16(26)11-14)18-9-4-3-8-17(18)20(23-2)25-21/h3-12,26H,1-2H3,(H,23,25). The number of hydrogen-bond acceptors (Lipinski definition) is 3. The number of benzene rings is 2. The molecule has 1 aromatic heterocycles. The molecule has 2 heterocycles. The molecule has 0 fully saturated rings. The average Bonchev–Trinajstić information content (AvgIpc) is 2.97. The van der Waals surface area contributed by atoms with Crippen molar-refractivity contribution in [2.45, 2.75) is 12.5 Å². The number of nitrogens with zero attached hydrogens (tertiary/aromatic N) is 2. The Hall–Kier alpha value is -2.85. The van der Waals surface area contributed by atoms with E-state index in [-0.39, 0.29) is 5.75 Å². The van der Waals surface area contributed by atoms with Gasteiger partial charge in [0.25, 0.3) is 0 Å². The number of hydrogen-bond donors (Lipinski definition) is 2. The number of phenols is 1. The predicted molar refractivity (Wildman–Crippen MR) is 104 cm³/mol. The highest BCUT2D eigenvalue weighted by Gasteiger charge is 2.44. The van der Waals surface area contributed by atoms with Gasteiger partial charge < -0.3 is 10.4 Å². The van der Waals surface area contributed by atoms with Crippen LogP contribution in [0.1, 0.15) is 27.9 Å². The van der Waals surface area contributed by atoms with Gasteiger partial charge in [-0.15, -0.1) is 0 Å². The lowest BCUT2D eigenvalue weighted by atomic mass is 9.78. The number of aryl methyl sites for hydroxylation is 1. The van der Waals surface area contributed by atoms with Crippen LogP contribution in [0.2, 0.25) is 5.15 Å². The molecule has 1 unspecified atom stereocenters. The van der Waals surface area contributed by atoms with Crippen LogP contribution in [0.3, 0.4) is 0 Å². The van der Waals surface area contributed by atoms with E-state index < -0.39 is 5.54 Å². The number of aliphatic imine (C=N–C) groups is 1. The Morgan fingerprint density at radius 3 is 2.58 bits per heavy atom. The number of halogens is 1. The largest absolute Gasteiger partial charge is 0.508 e. The molecule has 0 aliphatic carbocycles. The predicted octanol–water partition coefficient (Wildman–Crippen LogP) is 4.02. The molecule has 0 spiro atoms. The van der Waals surface area contributed by atoms with Crippen molar-refractivity contribution in [3.63, 3.8) is 0 Å². The topological polar surface area (TPSA) is 57.5 Å².